The molecular formula is C53H71ClN6O12S6. The normalized spacial score (nSPS) is 13.0. The van der Waals surface area contributed by atoms with Gasteiger partial charge in [-0.1, -0.05) is 109 Å². The van der Waals surface area contributed by atoms with Crippen LogP contribution in [0.4, 0.5) is 5.69 Å². The van der Waals surface area contributed by atoms with Crippen LogP contribution in [0.15, 0.2) is 121 Å². The predicted octanol–water partition coefficient (Wildman–Crippen LogP) is 4.13. The number of carboxylic acid groups (broad SMARTS) is 1. The Labute approximate surface area is 492 Å². The van der Waals surface area contributed by atoms with Crippen LogP contribution in [0.2, 0.25) is 0 Å². The fourth-order valence-corrected chi connectivity index (χ4v) is 6.78. The number of nitrogens with two attached hydrogens (primary N) is 3. The smallest absolute Gasteiger partial charge is 0.328 e. The maximum absolute atomic E-state index is 11.9. The van der Waals surface area contributed by atoms with Gasteiger partial charge in [0.25, 0.3) is 6.47 Å². The number of nitrogens with one attached hydrogen (secondary N) is 3. The molecule has 5 rings (SSSR count). The van der Waals surface area contributed by atoms with E-state index in [1.165, 1.54) is 0 Å². The molecule has 4 aromatic rings. The number of nitrogen functional groups attached to an aromatic ring is 1. The summed E-state index contributed by atoms with van der Waals surface area (Å²) in [4.78, 5) is 103. The summed E-state index contributed by atoms with van der Waals surface area (Å²) >= 11 is 15.6. The predicted molar refractivity (Wildman–Crippen MR) is 321 cm³/mol. The summed E-state index contributed by atoms with van der Waals surface area (Å²) in [5.41, 5.74) is 19.6. The van der Waals surface area contributed by atoms with Crippen molar-refractivity contribution in [1.82, 2.24) is 16.0 Å². The minimum Gasteiger partial charge on any atom is -0.480 e. The molecule has 78 heavy (non-hydrogen) atoms. The second kappa shape index (κ2) is 49.5. The zero-order valence-electron chi connectivity index (χ0n) is 43.2. The molecule has 0 aliphatic carbocycles. The number of Topliss-reactive ketones (excluding diaryl/α,β-unsaturated/α-hetero) is 3. The third-order valence-corrected chi connectivity index (χ3v) is 10.5. The number of anilines is 1. The monoisotopic (exact) mass is 1210 g/mol. The summed E-state index contributed by atoms with van der Waals surface area (Å²) in [5, 5.41) is 16.6. The van der Waals surface area contributed by atoms with Gasteiger partial charge >= 0.3 is 11.9 Å². The summed E-state index contributed by atoms with van der Waals surface area (Å²) in [6, 6.07) is 36.0. The number of rotatable bonds is 26. The van der Waals surface area contributed by atoms with E-state index in [-0.39, 0.29) is 125 Å². The van der Waals surface area contributed by atoms with Crippen molar-refractivity contribution in [2.75, 3.05) is 32.0 Å². The van der Waals surface area contributed by atoms with Gasteiger partial charge in [-0.3, -0.25) is 38.4 Å². The maximum atomic E-state index is 11.9. The molecule has 4 atom stereocenters. The summed E-state index contributed by atoms with van der Waals surface area (Å²) < 4.78 is 9.71. The van der Waals surface area contributed by atoms with Crippen LogP contribution in [0.1, 0.15) is 75.0 Å². The summed E-state index contributed by atoms with van der Waals surface area (Å²) in [5.74, 6) is -2.63. The van der Waals surface area contributed by atoms with Crippen molar-refractivity contribution in [2.45, 2.75) is 95.7 Å². The lowest BCUT2D eigenvalue weighted by molar-refractivity contribution is -0.146. The van der Waals surface area contributed by atoms with Crippen LogP contribution in [-0.4, -0.2) is 103 Å². The number of benzene rings is 4. The van der Waals surface area contributed by atoms with Gasteiger partial charge in [-0.05, 0) is 67.9 Å². The number of hydrogen-bond acceptors (Lipinski definition) is 18. The number of carboxylic acids is 1. The molecule has 2 unspecified atom stereocenters. The molecule has 10 N–H and O–H groups in total. The molecule has 0 radical (unpaired) electrons. The van der Waals surface area contributed by atoms with E-state index in [4.69, 9.17) is 31.8 Å². The molecule has 25 heteroatoms. The van der Waals surface area contributed by atoms with Gasteiger partial charge in [0.1, 0.15) is 18.2 Å². The number of ether oxygens (including phenoxy) is 2. The molecule has 1 aliphatic rings. The second-order valence-electron chi connectivity index (χ2n) is 16.4. The van der Waals surface area contributed by atoms with E-state index in [9.17, 15) is 43.2 Å². The minimum absolute atomic E-state index is 0. The lowest BCUT2D eigenvalue weighted by Crippen LogP contribution is -2.35. The highest BCUT2D eigenvalue weighted by Crippen LogP contribution is 2.22. The third-order valence-electron chi connectivity index (χ3n) is 10.5. The Morgan fingerprint density at radius 1 is 0.744 bits per heavy atom. The molecule has 1 saturated heterocycles. The number of esters is 1. The molecule has 0 bridgehead atoms. The van der Waals surface area contributed by atoms with E-state index in [2.05, 4.69) is 60.7 Å². The average molecular weight is 1210 g/mol. The molecule has 1 fully saturated rings. The zero-order valence-corrected chi connectivity index (χ0v) is 49.1. The topological polar surface area (TPSA) is 306 Å². The molecule has 0 aromatic heterocycles. The molecule has 0 saturated carbocycles. The molecule has 3 amide bonds. The van der Waals surface area contributed by atoms with Gasteiger partial charge in [0.2, 0.25) is 17.7 Å². The Balaban J connectivity index is -0.00000101. The van der Waals surface area contributed by atoms with E-state index in [0.717, 1.165) is 31.3 Å². The molecule has 0 spiro atoms. The summed E-state index contributed by atoms with van der Waals surface area (Å²) in [6.07, 6.45) is 2.82. The van der Waals surface area contributed by atoms with Crippen LogP contribution < -0.4 is 33.2 Å². The summed E-state index contributed by atoms with van der Waals surface area (Å²) in [7, 11) is 0.917. The van der Waals surface area contributed by atoms with Crippen LogP contribution in [0.25, 0.3) is 0 Å². The second-order valence-corrected chi connectivity index (χ2v) is 18.2. The van der Waals surface area contributed by atoms with Gasteiger partial charge in [-0.15, -0.1) is 12.4 Å². The molecular weight excluding hydrogens is 1140 g/mol. The Bertz CT molecular complexity index is 2390. The molecule has 4 aromatic carbocycles. The molecule has 1 aliphatic heterocycles. The maximum Gasteiger partial charge on any atom is 0.328 e. The number of ketones is 3. The first-order chi connectivity index (χ1) is 36.5. The fourth-order valence-electron chi connectivity index (χ4n) is 6.78. The number of amides is 3. The Morgan fingerprint density at radius 2 is 1.15 bits per heavy atom. The van der Waals surface area contributed by atoms with E-state index in [1.807, 2.05) is 121 Å². The van der Waals surface area contributed by atoms with Crippen molar-refractivity contribution in [1.29, 1.82) is 0 Å². The third kappa shape index (κ3) is 39.5. The molecule has 1 heterocycles. The van der Waals surface area contributed by atoms with E-state index < -0.39 is 30.1 Å². The first kappa shape index (κ1) is 76.4. The summed E-state index contributed by atoms with van der Waals surface area (Å²) in [6.45, 7) is 2.32. The van der Waals surface area contributed by atoms with Gasteiger partial charge in [0, 0.05) is 104 Å². The van der Waals surface area contributed by atoms with Crippen LogP contribution >= 0.6 is 25.9 Å². The number of para-hydroxylation sites is 1. The average Bonchev–Trinajstić information content (AvgIpc) is 3.79. The SMILES string of the molecule is CCOC(=O)[C@@H]1CC(CCCC(=O)NCC(=O)Cc2ccccc2)C(=O)N1.Cl.NCC(=O)Cc1ccccc1.N[C@@H](CC(CCCC(=O)NCC(=O)Cc1ccccc1)OC=O)C(=O)O.Nc1ccccc1.S.S=S.S=S=S. The highest BCUT2D eigenvalue weighted by molar-refractivity contribution is 8.37. The van der Waals surface area contributed by atoms with Crippen molar-refractivity contribution in [2.24, 2.45) is 17.4 Å². The van der Waals surface area contributed by atoms with Crippen molar-refractivity contribution >= 4 is 139 Å². The van der Waals surface area contributed by atoms with Crippen LogP contribution in [-0.2, 0) is 126 Å². The van der Waals surface area contributed by atoms with Crippen molar-refractivity contribution in [3.8, 4) is 0 Å². The zero-order chi connectivity index (χ0) is 56.9. The van der Waals surface area contributed by atoms with Crippen molar-refractivity contribution in [3.63, 3.8) is 0 Å². The number of carbonyl (C=O) groups is 9. The first-order valence-corrected chi connectivity index (χ1v) is 27.9. The molecule has 18 nitrogen and oxygen atoms in total. The Morgan fingerprint density at radius 3 is 1.53 bits per heavy atom. The Kier molecular flexibility index (Phi) is 48.5. The largest absolute Gasteiger partial charge is 0.480 e. The fraction of sp³-hybridized carbons (Fsp3) is 0.377. The van der Waals surface area contributed by atoms with E-state index in [0.29, 0.717) is 44.9 Å². The van der Waals surface area contributed by atoms with Gasteiger partial charge in [-0.25, -0.2) is 4.79 Å². The lowest BCUT2D eigenvalue weighted by atomic mass is 9.98. The highest BCUT2D eigenvalue weighted by Gasteiger charge is 2.36. The number of hydrogen-bond donors (Lipinski definition) is 7. The lowest BCUT2D eigenvalue weighted by Gasteiger charge is -2.17. The van der Waals surface area contributed by atoms with Gasteiger partial charge in [0.15, 0.2) is 17.3 Å². The number of carbonyl (C=O) groups excluding carboxylic acids is 8. The van der Waals surface area contributed by atoms with Crippen LogP contribution in [0.3, 0.4) is 0 Å². The van der Waals surface area contributed by atoms with Crippen molar-refractivity contribution in [3.05, 3.63) is 138 Å². The highest BCUT2D eigenvalue weighted by atomic mass is 35.5. The quantitative estimate of drug-likeness (QED) is 0.0264. The standard InChI is InChI=1S/C20H26N2O5.C18H24N2O6.C9H11NO.C6H7N.ClH.S3.S2.H2S/c1-2-27-20(26)17-12-15(19(25)22-17)9-6-10-18(24)21-13-16(23)11-14-7-4-3-5-8-14;19-16(18(24)25)10-15(26-12-21)7-4-8-17(23)20-11-14(22)9-13-5-2-1-3-6-13;10-7-9(11)6-8-4-2-1-3-5-8;7-6-4-2-1-3-5-6;;1-3-2;1-2;/h3-5,7-8,15,17H,2,6,9-13H2,1H3,(H,21,24)(H,22,25);1-3,5-6,12,15-16H,4,7-11,19H2,(H,20,23)(H,24,25);1-5H,6-7,10H2;1-5H,7H2;1H;;;1H2/t15?,17-;15?,16-;;;;;;/m00....../s1. The number of aliphatic carboxylic acids is 1. The first-order valence-electron chi connectivity index (χ1n) is 23.9. The number of halogens is 1. The van der Waals surface area contributed by atoms with Gasteiger partial charge in [-0.2, -0.15) is 13.5 Å². The van der Waals surface area contributed by atoms with Gasteiger partial charge < -0.3 is 47.7 Å². The minimum atomic E-state index is -1.18. The van der Waals surface area contributed by atoms with E-state index >= 15 is 0 Å². The molecule has 428 valence electrons. The van der Waals surface area contributed by atoms with Crippen molar-refractivity contribution < 1.29 is 57.7 Å². The van der Waals surface area contributed by atoms with Crippen LogP contribution in [0, 0.1) is 5.92 Å². The Hall–Kier alpha value is -5.83. The van der Waals surface area contributed by atoms with E-state index in [1.54, 1.807) is 6.92 Å². The van der Waals surface area contributed by atoms with Gasteiger partial charge in [0.05, 0.1) is 26.2 Å². The van der Waals surface area contributed by atoms with Crippen LogP contribution in [0.5, 0.6) is 0 Å².